The van der Waals surface area contributed by atoms with Gasteiger partial charge in [0.2, 0.25) is 5.91 Å². The van der Waals surface area contributed by atoms with Crippen LogP contribution in [-0.4, -0.2) is 17.0 Å². The summed E-state index contributed by atoms with van der Waals surface area (Å²) in [7, 11) is 0. The summed E-state index contributed by atoms with van der Waals surface area (Å²) in [5.74, 6) is -1.36. The number of halogens is 1. The average molecular weight is 405 g/mol. The lowest BCUT2D eigenvalue weighted by molar-refractivity contribution is -0.118. The highest BCUT2D eigenvalue weighted by molar-refractivity contribution is 5.93. The van der Waals surface area contributed by atoms with Gasteiger partial charge >= 0.3 is 5.97 Å². The van der Waals surface area contributed by atoms with Crippen LogP contribution in [0.15, 0.2) is 72.8 Å². The standard InChI is InChI=1S/C25H24FNO3/c1-2-3-7-24(28)27(23-6-4-5-22(26)16-23)17-18-8-10-19(11-9-18)20-12-14-21(15-13-20)25(29)30/h4-6,8-16H,2-3,7,17H2,1H3,(H,29,30). The number of aromatic carboxylic acids is 1. The molecule has 3 rings (SSSR count). The van der Waals surface area contributed by atoms with Gasteiger partial charge < -0.3 is 10.0 Å². The lowest BCUT2D eigenvalue weighted by Gasteiger charge is -2.23. The van der Waals surface area contributed by atoms with Gasteiger partial charge in [-0.15, -0.1) is 0 Å². The molecule has 0 heterocycles. The van der Waals surface area contributed by atoms with Gasteiger partial charge in [0, 0.05) is 12.1 Å². The predicted octanol–water partition coefficient (Wildman–Crippen LogP) is 5.91. The fourth-order valence-corrected chi connectivity index (χ4v) is 3.22. The molecule has 0 aliphatic heterocycles. The monoisotopic (exact) mass is 405 g/mol. The number of hydrogen-bond donors (Lipinski definition) is 1. The number of nitrogens with zero attached hydrogens (tertiary/aromatic N) is 1. The summed E-state index contributed by atoms with van der Waals surface area (Å²) in [5, 5.41) is 9.02. The highest BCUT2D eigenvalue weighted by Crippen LogP contribution is 2.24. The van der Waals surface area contributed by atoms with Crippen molar-refractivity contribution in [1.29, 1.82) is 0 Å². The fraction of sp³-hybridized carbons (Fsp3) is 0.200. The average Bonchev–Trinajstić information content (AvgIpc) is 2.76. The molecule has 0 spiro atoms. The molecule has 0 fully saturated rings. The zero-order valence-corrected chi connectivity index (χ0v) is 16.8. The smallest absolute Gasteiger partial charge is 0.335 e. The molecule has 1 amide bonds. The molecular formula is C25H24FNO3. The van der Waals surface area contributed by atoms with E-state index in [1.807, 2.05) is 31.2 Å². The first-order valence-corrected chi connectivity index (χ1v) is 9.96. The summed E-state index contributed by atoms with van der Waals surface area (Å²) >= 11 is 0. The van der Waals surface area contributed by atoms with Crippen LogP contribution < -0.4 is 4.90 Å². The number of benzene rings is 3. The Morgan fingerprint density at radius 2 is 1.57 bits per heavy atom. The van der Waals surface area contributed by atoms with Gasteiger partial charge in [0.15, 0.2) is 0 Å². The Labute approximate surface area is 175 Å². The molecule has 3 aromatic rings. The van der Waals surface area contributed by atoms with Gasteiger partial charge in [0.05, 0.1) is 12.1 Å². The van der Waals surface area contributed by atoms with Gasteiger partial charge in [0.1, 0.15) is 5.82 Å². The number of carboxylic acid groups (broad SMARTS) is 1. The van der Waals surface area contributed by atoms with Gasteiger partial charge in [0.25, 0.3) is 0 Å². The van der Waals surface area contributed by atoms with E-state index in [0.717, 1.165) is 29.5 Å². The van der Waals surface area contributed by atoms with Crippen LogP contribution in [0.2, 0.25) is 0 Å². The van der Waals surface area contributed by atoms with E-state index in [1.165, 1.54) is 12.1 Å². The number of carbonyl (C=O) groups is 2. The van der Waals surface area contributed by atoms with Gasteiger partial charge in [-0.2, -0.15) is 0 Å². The molecule has 0 aliphatic carbocycles. The molecule has 0 unspecified atom stereocenters. The third kappa shape index (κ3) is 5.32. The summed E-state index contributed by atoms with van der Waals surface area (Å²) < 4.78 is 13.7. The third-order valence-electron chi connectivity index (χ3n) is 4.92. The number of amides is 1. The molecule has 3 aromatic carbocycles. The summed E-state index contributed by atoms with van der Waals surface area (Å²) in [6.07, 6.45) is 2.12. The Bertz CT molecular complexity index is 1010. The van der Waals surface area contributed by atoms with Crippen molar-refractivity contribution in [3.63, 3.8) is 0 Å². The van der Waals surface area contributed by atoms with E-state index in [4.69, 9.17) is 5.11 Å². The van der Waals surface area contributed by atoms with Crippen LogP contribution in [0.4, 0.5) is 10.1 Å². The van der Waals surface area contributed by atoms with Crippen molar-refractivity contribution in [3.05, 3.63) is 89.7 Å². The van der Waals surface area contributed by atoms with Crippen LogP contribution in [-0.2, 0) is 11.3 Å². The van der Waals surface area contributed by atoms with Crippen molar-refractivity contribution in [2.75, 3.05) is 4.90 Å². The summed E-state index contributed by atoms with van der Waals surface area (Å²) in [5.41, 5.74) is 3.57. The highest BCUT2D eigenvalue weighted by Gasteiger charge is 2.16. The number of carbonyl (C=O) groups excluding carboxylic acids is 1. The SMILES string of the molecule is CCCCC(=O)N(Cc1ccc(-c2ccc(C(=O)O)cc2)cc1)c1cccc(F)c1. The molecule has 5 heteroatoms. The van der Waals surface area contributed by atoms with Gasteiger partial charge in [-0.3, -0.25) is 4.79 Å². The normalized spacial score (nSPS) is 10.6. The number of hydrogen-bond acceptors (Lipinski definition) is 2. The zero-order chi connectivity index (χ0) is 21.5. The summed E-state index contributed by atoms with van der Waals surface area (Å²) in [6.45, 7) is 2.38. The Kier molecular flexibility index (Phi) is 6.96. The van der Waals surface area contributed by atoms with Crippen molar-refractivity contribution >= 4 is 17.6 Å². The van der Waals surface area contributed by atoms with E-state index in [-0.39, 0.29) is 17.3 Å². The van der Waals surface area contributed by atoms with Crippen LogP contribution in [0.1, 0.15) is 42.1 Å². The van der Waals surface area contributed by atoms with E-state index in [2.05, 4.69) is 0 Å². The number of anilines is 1. The Morgan fingerprint density at radius 3 is 2.13 bits per heavy atom. The summed E-state index contributed by atoms with van der Waals surface area (Å²) in [6, 6.07) is 20.5. The Balaban J connectivity index is 1.80. The largest absolute Gasteiger partial charge is 0.478 e. The Morgan fingerprint density at radius 1 is 0.933 bits per heavy atom. The topological polar surface area (TPSA) is 57.6 Å². The van der Waals surface area contributed by atoms with E-state index < -0.39 is 5.97 Å². The quantitative estimate of drug-likeness (QED) is 0.506. The molecule has 0 bridgehead atoms. The van der Waals surface area contributed by atoms with Gasteiger partial charge in [-0.1, -0.05) is 55.8 Å². The van der Waals surface area contributed by atoms with E-state index in [9.17, 15) is 14.0 Å². The van der Waals surface area contributed by atoms with Crippen LogP contribution in [0.5, 0.6) is 0 Å². The van der Waals surface area contributed by atoms with Crippen LogP contribution >= 0.6 is 0 Å². The van der Waals surface area contributed by atoms with Crippen LogP contribution in [0, 0.1) is 5.82 Å². The third-order valence-corrected chi connectivity index (χ3v) is 4.92. The second-order valence-corrected chi connectivity index (χ2v) is 7.14. The molecule has 30 heavy (non-hydrogen) atoms. The van der Waals surface area contributed by atoms with E-state index in [0.29, 0.717) is 18.7 Å². The van der Waals surface area contributed by atoms with E-state index >= 15 is 0 Å². The summed E-state index contributed by atoms with van der Waals surface area (Å²) in [4.78, 5) is 25.4. The maximum absolute atomic E-state index is 13.7. The minimum atomic E-state index is -0.956. The second kappa shape index (κ2) is 9.83. The maximum atomic E-state index is 13.7. The molecule has 0 atom stereocenters. The molecule has 0 aliphatic rings. The van der Waals surface area contributed by atoms with Gasteiger partial charge in [-0.05, 0) is 53.4 Å². The minimum absolute atomic E-state index is 0.0317. The molecular weight excluding hydrogens is 381 g/mol. The van der Waals surface area contributed by atoms with Crippen molar-refractivity contribution in [2.45, 2.75) is 32.7 Å². The zero-order valence-electron chi connectivity index (χ0n) is 16.8. The lowest BCUT2D eigenvalue weighted by atomic mass is 10.0. The van der Waals surface area contributed by atoms with Crippen molar-refractivity contribution in [2.24, 2.45) is 0 Å². The number of rotatable bonds is 8. The molecule has 1 N–H and O–H groups in total. The first kappa shape index (κ1) is 21.2. The molecule has 0 saturated heterocycles. The van der Waals surface area contributed by atoms with E-state index in [1.54, 1.807) is 41.3 Å². The van der Waals surface area contributed by atoms with Crippen molar-refractivity contribution in [3.8, 4) is 11.1 Å². The Hall–Kier alpha value is -3.47. The van der Waals surface area contributed by atoms with Crippen LogP contribution in [0.25, 0.3) is 11.1 Å². The first-order valence-electron chi connectivity index (χ1n) is 9.96. The molecule has 154 valence electrons. The maximum Gasteiger partial charge on any atom is 0.335 e. The van der Waals surface area contributed by atoms with Crippen LogP contribution in [0.3, 0.4) is 0 Å². The van der Waals surface area contributed by atoms with Crippen molar-refractivity contribution < 1.29 is 19.1 Å². The predicted molar refractivity (Wildman–Crippen MR) is 116 cm³/mol. The molecule has 0 radical (unpaired) electrons. The van der Waals surface area contributed by atoms with Crippen molar-refractivity contribution in [1.82, 2.24) is 0 Å². The number of unbranched alkanes of at least 4 members (excludes halogenated alkanes) is 1. The highest BCUT2D eigenvalue weighted by atomic mass is 19.1. The molecule has 4 nitrogen and oxygen atoms in total. The number of carboxylic acids is 1. The van der Waals surface area contributed by atoms with Gasteiger partial charge in [-0.25, -0.2) is 9.18 Å². The first-order chi connectivity index (χ1) is 14.5. The molecule has 0 saturated carbocycles. The second-order valence-electron chi connectivity index (χ2n) is 7.14. The molecule has 0 aromatic heterocycles. The lowest BCUT2D eigenvalue weighted by Crippen LogP contribution is -2.30. The minimum Gasteiger partial charge on any atom is -0.478 e. The fourth-order valence-electron chi connectivity index (χ4n) is 3.22.